The molecule has 1 fully saturated rings. The fraction of sp³-hybridized carbons (Fsp3) is 0.538. The zero-order valence-corrected chi connectivity index (χ0v) is 10.9. The molecular weight excluding hydrogens is 241 g/mol. The second kappa shape index (κ2) is 5.34. The highest BCUT2D eigenvalue weighted by molar-refractivity contribution is 5.85. The maximum absolute atomic E-state index is 13.5. The topological polar surface area (TPSA) is 32.3 Å². The van der Waals surface area contributed by atoms with Gasteiger partial charge in [0.2, 0.25) is 0 Å². The van der Waals surface area contributed by atoms with Crippen molar-refractivity contribution in [1.82, 2.24) is 5.32 Å². The van der Waals surface area contributed by atoms with Gasteiger partial charge in [0.1, 0.15) is 5.82 Å². The summed E-state index contributed by atoms with van der Waals surface area (Å²) in [5.41, 5.74) is 0.425. The SMILES string of the molecule is CC1(C)CCC([C@H](O)c2ccccc2F)N1.Cl. The molecule has 0 saturated carbocycles. The van der Waals surface area contributed by atoms with Crippen molar-refractivity contribution in [1.29, 1.82) is 0 Å². The first-order chi connectivity index (χ1) is 7.49. The number of halogens is 2. The molecule has 0 amide bonds. The predicted octanol–water partition coefficient (Wildman–Crippen LogP) is 2.81. The smallest absolute Gasteiger partial charge is 0.129 e. The van der Waals surface area contributed by atoms with Gasteiger partial charge in [0.25, 0.3) is 0 Å². The maximum Gasteiger partial charge on any atom is 0.129 e. The first-order valence-electron chi connectivity index (χ1n) is 5.70. The third-order valence-electron chi connectivity index (χ3n) is 3.26. The van der Waals surface area contributed by atoms with Gasteiger partial charge in [0.15, 0.2) is 0 Å². The van der Waals surface area contributed by atoms with Gasteiger partial charge in [-0.25, -0.2) is 4.39 Å². The molecule has 2 rings (SSSR count). The van der Waals surface area contributed by atoms with Crippen molar-refractivity contribution in [2.45, 2.75) is 44.4 Å². The molecule has 2 nitrogen and oxygen atoms in total. The van der Waals surface area contributed by atoms with Crippen molar-refractivity contribution in [2.24, 2.45) is 0 Å². The molecule has 1 unspecified atom stereocenters. The van der Waals surface area contributed by atoms with E-state index in [0.29, 0.717) is 5.56 Å². The lowest BCUT2D eigenvalue weighted by Crippen LogP contribution is -2.40. The summed E-state index contributed by atoms with van der Waals surface area (Å²) in [5, 5.41) is 13.5. The highest BCUT2D eigenvalue weighted by Crippen LogP contribution is 2.31. The van der Waals surface area contributed by atoms with Gasteiger partial charge >= 0.3 is 0 Å². The summed E-state index contributed by atoms with van der Waals surface area (Å²) < 4.78 is 13.5. The van der Waals surface area contributed by atoms with Crippen molar-refractivity contribution < 1.29 is 9.50 Å². The number of hydrogen-bond donors (Lipinski definition) is 2. The highest BCUT2D eigenvalue weighted by Gasteiger charge is 2.35. The van der Waals surface area contributed by atoms with Gasteiger partial charge in [0, 0.05) is 17.1 Å². The monoisotopic (exact) mass is 259 g/mol. The summed E-state index contributed by atoms with van der Waals surface area (Å²) in [7, 11) is 0. The molecule has 1 heterocycles. The second-order valence-corrected chi connectivity index (χ2v) is 5.14. The number of hydrogen-bond acceptors (Lipinski definition) is 2. The Hall–Kier alpha value is -0.640. The van der Waals surface area contributed by atoms with Gasteiger partial charge in [-0.1, -0.05) is 18.2 Å². The molecule has 1 aromatic rings. The zero-order chi connectivity index (χ0) is 11.8. The van der Waals surface area contributed by atoms with E-state index in [-0.39, 0.29) is 29.8 Å². The quantitative estimate of drug-likeness (QED) is 0.856. The van der Waals surface area contributed by atoms with Crippen molar-refractivity contribution >= 4 is 12.4 Å². The lowest BCUT2D eigenvalue weighted by atomic mass is 10.00. The van der Waals surface area contributed by atoms with E-state index in [1.165, 1.54) is 6.07 Å². The normalized spacial score (nSPS) is 24.1. The fourth-order valence-corrected chi connectivity index (χ4v) is 2.33. The van der Waals surface area contributed by atoms with E-state index in [4.69, 9.17) is 0 Å². The number of aliphatic hydroxyl groups excluding tert-OH is 1. The molecule has 2 N–H and O–H groups in total. The van der Waals surface area contributed by atoms with Crippen molar-refractivity contribution in [3.05, 3.63) is 35.6 Å². The van der Waals surface area contributed by atoms with Crippen molar-refractivity contribution in [3.63, 3.8) is 0 Å². The Kier molecular flexibility index (Phi) is 4.53. The molecule has 4 heteroatoms. The van der Waals surface area contributed by atoms with E-state index in [9.17, 15) is 9.50 Å². The molecule has 0 radical (unpaired) electrons. The minimum Gasteiger partial charge on any atom is -0.387 e. The molecule has 0 bridgehead atoms. The zero-order valence-electron chi connectivity index (χ0n) is 10.1. The minimum absolute atomic E-state index is 0. The van der Waals surface area contributed by atoms with Gasteiger partial charge in [-0.3, -0.25) is 0 Å². The van der Waals surface area contributed by atoms with Crippen LogP contribution < -0.4 is 5.32 Å². The average molecular weight is 260 g/mol. The summed E-state index contributed by atoms with van der Waals surface area (Å²) in [6, 6.07) is 6.37. The van der Waals surface area contributed by atoms with Gasteiger partial charge < -0.3 is 10.4 Å². The van der Waals surface area contributed by atoms with Crippen LogP contribution in [0.1, 0.15) is 38.4 Å². The van der Waals surface area contributed by atoms with Crippen molar-refractivity contribution in [3.8, 4) is 0 Å². The standard InChI is InChI=1S/C13H18FNO.ClH/c1-13(2)8-7-11(15-13)12(16)9-5-3-4-6-10(9)14;/h3-6,11-12,15-16H,7-8H2,1-2H3;1H/t11?,12-;/m1./s1. The van der Waals surface area contributed by atoms with Crippen LogP contribution in [0.15, 0.2) is 24.3 Å². The molecule has 2 atom stereocenters. The molecule has 1 aliphatic heterocycles. The molecule has 1 aliphatic rings. The molecule has 96 valence electrons. The van der Waals surface area contributed by atoms with Crippen LogP contribution in [0.25, 0.3) is 0 Å². The Morgan fingerprint density at radius 3 is 2.59 bits per heavy atom. The Bertz CT molecular complexity index is 383. The summed E-state index contributed by atoms with van der Waals surface area (Å²) in [5.74, 6) is -0.332. The van der Waals surface area contributed by atoms with Gasteiger partial charge in [-0.15, -0.1) is 12.4 Å². The maximum atomic E-state index is 13.5. The fourth-order valence-electron chi connectivity index (χ4n) is 2.33. The number of nitrogens with one attached hydrogen (secondary N) is 1. The average Bonchev–Trinajstić information content (AvgIpc) is 2.59. The Balaban J connectivity index is 0.00000144. The molecule has 1 saturated heterocycles. The summed E-state index contributed by atoms with van der Waals surface area (Å²) in [4.78, 5) is 0. The second-order valence-electron chi connectivity index (χ2n) is 5.14. The van der Waals surface area contributed by atoms with E-state index in [1.807, 2.05) is 0 Å². The lowest BCUT2D eigenvalue weighted by molar-refractivity contribution is 0.127. The van der Waals surface area contributed by atoms with Gasteiger partial charge in [-0.2, -0.15) is 0 Å². The summed E-state index contributed by atoms with van der Waals surface area (Å²) >= 11 is 0. The van der Waals surface area contributed by atoms with Crippen LogP contribution in [-0.2, 0) is 0 Å². The van der Waals surface area contributed by atoms with Gasteiger partial charge in [-0.05, 0) is 32.8 Å². The molecule has 0 aromatic heterocycles. The third-order valence-corrected chi connectivity index (χ3v) is 3.26. The number of benzene rings is 1. The summed E-state index contributed by atoms with van der Waals surface area (Å²) in [6.45, 7) is 4.20. The van der Waals surface area contributed by atoms with E-state index in [2.05, 4.69) is 19.2 Å². The van der Waals surface area contributed by atoms with Crippen LogP contribution in [0.5, 0.6) is 0 Å². The molecular formula is C13H19ClFNO. The Morgan fingerprint density at radius 1 is 1.41 bits per heavy atom. The minimum atomic E-state index is -0.761. The molecule has 1 aromatic carbocycles. The van der Waals surface area contributed by atoms with Crippen LogP contribution in [0.3, 0.4) is 0 Å². The largest absolute Gasteiger partial charge is 0.387 e. The molecule has 0 spiro atoms. The van der Waals surface area contributed by atoms with E-state index < -0.39 is 6.10 Å². The summed E-state index contributed by atoms with van der Waals surface area (Å²) in [6.07, 6.45) is 1.12. The predicted molar refractivity (Wildman–Crippen MR) is 68.8 cm³/mol. The Labute approximate surface area is 108 Å². The van der Waals surface area contributed by atoms with Crippen LogP contribution in [0.4, 0.5) is 4.39 Å². The van der Waals surface area contributed by atoms with E-state index in [1.54, 1.807) is 18.2 Å². The molecule has 0 aliphatic carbocycles. The lowest BCUT2D eigenvalue weighted by Gasteiger charge is -2.24. The van der Waals surface area contributed by atoms with Crippen LogP contribution in [0, 0.1) is 5.82 Å². The number of rotatable bonds is 2. The van der Waals surface area contributed by atoms with Crippen LogP contribution in [0.2, 0.25) is 0 Å². The van der Waals surface area contributed by atoms with E-state index >= 15 is 0 Å². The number of aliphatic hydroxyl groups is 1. The first kappa shape index (κ1) is 14.4. The van der Waals surface area contributed by atoms with Crippen LogP contribution in [-0.4, -0.2) is 16.7 Å². The van der Waals surface area contributed by atoms with Crippen molar-refractivity contribution in [2.75, 3.05) is 0 Å². The van der Waals surface area contributed by atoms with E-state index in [0.717, 1.165) is 12.8 Å². The third kappa shape index (κ3) is 3.18. The Morgan fingerprint density at radius 2 is 2.06 bits per heavy atom. The first-order valence-corrected chi connectivity index (χ1v) is 5.70. The van der Waals surface area contributed by atoms with Gasteiger partial charge in [0.05, 0.1) is 6.10 Å². The molecule has 17 heavy (non-hydrogen) atoms. The van der Waals surface area contributed by atoms with Crippen LogP contribution >= 0.6 is 12.4 Å². The highest BCUT2D eigenvalue weighted by atomic mass is 35.5.